The zero-order valence-corrected chi connectivity index (χ0v) is 14.2. The molecule has 0 aromatic heterocycles. The van der Waals surface area contributed by atoms with E-state index in [1.807, 2.05) is 18.2 Å². The van der Waals surface area contributed by atoms with Gasteiger partial charge in [0.2, 0.25) is 5.91 Å². The summed E-state index contributed by atoms with van der Waals surface area (Å²) in [6.45, 7) is 1.48. The maximum atomic E-state index is 12.3. The lowest BCUT2D eigenvalue weighted by Gasteiger charge is -2.14. The van der Waals surface area contributed by atoms with Crippen LogP contribution in [0.2, 0.25) is 0 Å². The number of carbonyl (C=O) groups excluding carboxylic acids is 2. The number of anilines is 1. The van der Waals surface area contributed by atoms with Crippen LogP contribution < -0.4 is 11.1 Å². The molecule has 0 aliphatic carbocycles. The monoisotopic (exact) mass is 344 g/mol. The number of Topliss-reactive ketones (excluding diaryl/α,β-unsaturated/α-hetero) is 1. The summed E-state index contributed by atoms with van der Waals surface area (Å²) < 4.78 is 12.3. The second kappa shape index (κ2) is 8.63. The molecule has 24 heavy (non-hydrogen) atoms. The summed E-state index contributed by atoms with van der Waals surface area (Å²) in [6.07, 6.45) is 0.305. The van der Waals surface area contributed by atoms with Crippen LogP contribution in [0.5, 0.6) is 0 Å². The van der Waals surface area contributed by atoms with Gasteiger partial charge in [0.25, 0.3) is 0 Å². The molecule has 0 fully saturated rings. The Morgan fingerprint density at radius 3 is 2.33 bits per heavy atom. The minimum atomic E-state index is -1.26. The molecule has 0 aliphatic heterocycles. The largest absolute Gasteiger partial charge is 0.611 e. The fraction of sp³-hybridized carbons (Fsp3) is 0.222. The van der Waals surface area contributed by atoms with Gasteiger partial charge >= 0.3 is 0 Å². The van der Waals surface area contributed by atoms with Crippen molar-refractivity contribution in [1.29, 1.82) is 0 Å². The molecule has 0 saturated heterocycles. The third-order valence-corrected chi connectivity index (χ3v) is 4.92. The van der Waals surface area contributed by atoms with Gasteiger partial charge in [0, 0.05) is 17.7 Å². The van der Waals surface area contributed by atoms with E-state index in [1.54, 1.807) is 36.4 Å². The maximum Gasteiger partial charge on any atom is 0.241 e. The molecule has 0 heterocycles. The predicted molar refractivity (Wildman–Crippen MR) is 95.4 cm³/mol. The fourth-order valence-electron chi connectivity index (χ4n) is 2.08. The van der Waals surface area contributed by atoms with Crippen molar-refractivity contribution in [3.8, 4) is 0 Å². The Kier molecular flexibility index (Phi) is 6.54. The summed E-state index contributed by atoms with van der Waals surface area (Å²) in [5.74, 6) is -0.0555. The number of amides is 1. The molecule has 0 saturated carbocycles. The predicted octanol–water partition coefficient (Wildman–Crippen LogP) is 2.35. The SMILES string of the molecule is CC(=O)c1ccc([S+]([O-])CCC(N)C(=O)Nc2ccccc2)cc1. The van der Waals surface area contributed by atoms with E-state index in [4.69, 9.17) is 5.73 Å². The van der Waals surface area contributed by atoms with E-state index in [9.17, 15) is 14.1 Å². The Hall–Kier alpha value is -2.15. The van der Waals surface area contributed by atoms with Crippen molar-refractivity contribution < 1.29 is 14.1 Å². The molecule has 6 heteroatoms. The molecule has 0 radical (unpaired) electrons. The summed E-state index contributed by atoms with van der Waals surface area (Å²) in [5.41, 5.74) is 7.12. The molecular formula is C18H20N2O3S. The minimum absolute atomic E-state index is 0.0352. The van der Waals surface area contributed by atoms with Gasteiger partial charge in [0.05, 0.1) is 6.04 Å². The van der Waals surface area contributed by atoms with E-state index in [1.165, 1.54) is 6.92 Å². The van der Waals surface area contributed by atoms with Crippen molar-refractivity contribution in [2.24, 2.45) is 5.73 Å². The van der Waals surface area contributed by atoms with E-state index in [-0.39, 0.29) is 17.4 Å². The highest BCUT2D eigenvalue weighted by atomic mass is 32.2. The normalized spacial score (nSPS) is 13.1. The van der Waals surface area contributed by atoms with Gasteiger partial charge in [-0.25, -0.2) is 0 Å². The van der Waals surface area contributed by atoms with Gasteiger partial charge in [-0.1, -0.05) is 18.2 Å². The Morgan fingerprint density at radius 2 is 1.75 bits per heavy atom. The average Bonchev–Trinajstić information content (AvgIpc) is 2.60. The summed E-state index contributed by atoms with van der Waals surface area (Å²) >= 11 is -1.26. The summed E-state index contributed by atoms with van der Waals surface area (Å²) in [4.78, 5) is 23.9. The first-order valence-corrected chi connectivity index (χ1v) is 8.90. The van der Waals surface area contributed by atoms with Crippen LogP contribution in [0.25, 0.3) is 0 Å². The zero-order chi connectivity index (χ0) is 17.5. The second-order valence-corrected chi connectivity index (χ2v) is 6.95. The number of hydrogen-bond acceptors (Lipinski definition) is 4. The van der Waals surface area contributed by atoms with Crippen molar-refractivity contribution in [2.45, 2.75) is 24.3 Å². The van der Waals surface area contributed by atoms with Gasteiger partial charge in [0.1, 0.15) is 5.75 Å². The molecule has 0 spiro atoms. The molecule has 0 aliphatic rings. The molecule has 2 unspecified atom stereocenters. The number of rotatable bonds is 7. The average molecular weight is 344 g/mol. The smallest absolute Gasteiger partial charge is 0.241 e. The Bertz CT molecular complexity index is 689. The quantitative estimate of drug-likeness (QED) is 0.595. The van der Waals surface area contributed by atoms with Crippen LogP contribution in [0.4, 0.5) is 5.69 Å². The molecule has 3 N–H and O–H groups in total. The number of nitrogens with two attached hydrogens (primary N) is 1. The highest BCUT2D eigenvalue weighted by Gasteiger charge is 2.18. The molecule has 2 atom stereocenters. The lowest BCUT2D eigenvalue weighted by atomic mass is 10.2. The molecular weight excluding hydrogens is 324 g/mol. The number of hydrogen-bond donors (Lipinski definition) is 2. The topological polar surface area (TPSA) is 95.2 Å². The highest BCUT2D eigenvalue weighted by Crippen LogP contribution is 2.15. The van der Waals surface area contributed by atoms with Gasteiger partial charge in [-0.2, -0.15) is 0 Å². The second-order valence-electron chi connectivity index (χ2n) is 5.38. The van der Waals surface area contributed by atoms with Gasteiger partial charge in [-0.05, 0) is 54.5 Å². The molecule has 126 valence electrons. The van der Waals surface area contributed by atoms with Crippen LogP contribution in [-0.2, 0) is 16.0 Å². The van der Waals surface area contributed by atoms with Crippen LogP contribution in [0.15, 0.2) is 59.5 Å². The summed E-state index contributed by atoms with van der Waals surface area (Å²) in [6, 6.07) is 15.0. The van der Waals surface area contributed by atoms with Crippen LogP contribution >= 0.6 is 0 Å². The van der Waals surface area contributed by atoms with E-state index >= 15 is 0 Å². The lowest BCUT2D eigenvalue weighted by molar-refractivity contribution is -0.117. The number of nitrogens with one attached hydrogen (secondary N) is 1. The minimum Gasteiger partial charge on any atom is -0.611 e. The van der Waals surface area contributed by atoms with Crippen LogP contribution in [0, 0.1) is 0 Å². The van der Waals surface area contributed by atoms with E-state index in [0.717, 1.165) is 0 Å². The summed E-state index contributed by atoms with van der Waals surface area (Å²) in [7, 11) is 0. The lowest BCUT2D eigenvalue weighted by Crippen LogP contribution is -2.37. The van der Waals surface area contributed by atoms with Gasteiger partial charge in [0.15, 0.2) is 10.7 Å². The van der Waals surface area contributed by atoms with E-state index < -0.39 is 17.2 Å². The number of para-hydroxylation sites is 1. The number of ketones is 1. The molecule has 0 bridgehead atoms. The van der Waals surface area contributed by atoms with Crippen LogP contribution in [-0.4, -0.2) is 28.0 Å². The van der Waals surface area contributed by atoms with E-state index in [0.29, 0.717) is 22.6 Å². The van der Waals surface area contributed by atoms with Crippen molar-refractivity contribution in [1.82, 2.24) is 0 Å². The summed E-state index contributed by atoms with van der Waals surface area (Å²) in [5, 5.41) is 2.72. The van der Waals surface area contributed by atoms with Crippen molar-refractivity contribution in [3.05, 3.63) is 60.2 Å². The Labute approximate surface area is 144 Å². The number of carbonyl (C=O) groups is 2. The van der Waals surface area contributed by atoms with Crippen molar-refractivity contribution in [3.63, 3.8) is 0 Å². The van der Waals surface area contributed by atoms with Gasteiger partial charge < -0.3 is 15.6 Å². The van der Waals surface area contributed by atoms with Gasteiger partial charge in [-0.3, -0.25) is 9.59 Å². The first-order valence-electron chi connectivity index (χ1n) is 7.58. The third-order valence-electron chi connectivity index (χ3n) is 3.52. The standard InChI is InChI=1S/C18H20N2O3S/c1-13(21)14-7-9-16(10-8-14)24(23)12-11-17(19)18(22)20-15-5-3-2-4-6-15/h2-10,17H,11-12,19H2,1H3,(H,20,22). The van der Waals surface area contributed by atoms with Crippen molar-refractivity contribution in [2.75, 3.05) is 11.1 Å². The highest BCUT2D eigenvalue weighted by molar-refractivity contribution is 7.91. The molecule has 5 nitrogen and oxygen atoms in total. The molecule has 2 aromatic rings. The Morgan fingerprint density at radius 1 is 1.12 bits per heavy atom. The van der Waals surface area contributed by atoms with Gasteiger partial charge in [-0.15, -0.1) is 0 Å². The van der Waals surface area contributed by atoms with Crippen LogP contribution in [0.1, 0.15) is 23.7 Å². The van der Waals surface area contributed by atoms with Crippen LogP contribution in [0.3, 0.4) is 0 Å². The molecule has 2 rings (SSSR count). The number of benzene rings is 2. The fourth-order valence-corrected chi connectivity index (χ4v) is 3.22. The molecule has 1 amide bonds. The molecule has 2 aromatic carbocycles. The van der Waals surface area contributed by atoms with E-state index in [2.05, 4.69) is 5.32 Å². The zero-order valence-electron chi connectivity index (χ0n) is 13.4. The third kappa shape index (κ3) is 5.19. The first kappa shape index (κ1) is 18.2. The Balaban J connectivity index is 1.85. The van der Waals surface area contributed by atoms with Crippen molar-refractivity contribution >= 4 is 28.6 Å². The maximum absolute atomic E-state index is 12.3. The first-order chi connectivity index (χ1) is 11.5.